The molecule has 2 atom stereocenters. The average Bonchev–Trinajstić information content (AvgIpc) is 3.43. The highest BCUT2D eigenvalue weighted by Gasteiger charge is 2.34. The molecule has 0 saturated heterocycles. The van der Waals surface area contributed by atoms with Crippen molar-refractivity contribution in [3.8, 4) is 11.5 Å². The molecule has 31 heavy (non-hydrogen) atoms. The van der Waals surface area contributed by atoms with Gasteiger partial charge in [-0.3, -0.25) is 10.1 Å². The number of aromatic nitrogens is 1. The van der Waals surface area contributed by atoms with Crippen molar-refractivity contribution in [2.24, 2.45) is 0 Å². The van der Waals surface area contributed by atoms with Crippen LogP contribution in [0.3, 0.4) is 0 Å². The minimum Gasteiger partial charge on any atom is -0.454 e. The van der Waals surface area contributed by atoms with Crippen LogP contribution < -0.4 is 14.8 Å². The van der Waals surface area contributed by atoms with Crippen LogP contribution in [0.15, 0.2) is 54.1 Å². The molecule has 6 rings (SSSR count). The number of hydrogen-bond donors (Lipinski definition) is 2. The highest BCUT2D eigenvalue weighted by Crippen LogP contribution is 2.39. The first kappa shape index (κ1) is 18.7. The fourth-order valence-electron chi connectivity index (χ4n) is 5.23. The van der Waals surface area contributed by atoms with Gasteiger partial charge in [0, 0.05) is 16.6 Å². The molecule has 3 aromatic rings. The zero-order valence-electron chi connectivity index (χ0n) is 17.4. The van der Waals surface area contributed by atoms with Crippen LogP contribution in [0.2, 0.25) is 0 Å². The van der Waals surface area contributed by atoms with E-state index in [1.54, 1.807) is 0 Å². The van der Waals surface area contributed by atoms with Gasteiger partial charge in [-0.1, -0.05) is 36.3 Å². The van der Waals surface area contributed by atoms with Crippen LogP contribution in [0.25, 0.3) is 10.9 Å². The number of carbonyl (C=O) groups excluding carboxylic acids is 1. The van der Waals surface area contributed by atoms with E-state index in [1.807, 2.05) is 24.3 Å². The van der Waals surface area contributed by atoms with Gasteiger partial charge < -0.3 is 14.5 Å². The van der Waals surface area contributed by atoms with Crippen LogP contribution >= 0.6 is 0 Å². The molecule has 5 nitrogen and oxygen atoms in total. The Morgan fingerprint density at radius 3 is 2.74 bits per heavy atom. The second kappa shape index (κ2) is 7.57. The molecule has 0 spiro atoms. The van der Waals surface area contributed by atoms with E-state index in [9.17, 15) is 4.79 Å². The summed E-state index contributed by atoms with van der Waals surface area (Å²) in [6.07, 6.45) is 8.41. The van der Waals surface area contributed by atoms with Crippen LogP contribution in [0.4, 0.5) is 0 Å². The third-order valence-corrected chi connectivity index (χ3v) is 6.83. The number of para-hydroxylation sites is 1. The molecule has 0 amide bonds. The van der Waals surface area contributed by atoms with Crippen molar-refractivity contribution in [3.05, 3.63) is 70.9 Å². The summed E-state index contributed by atoms with van der Waals surface area (Å²) in [5, 5.41) is 4.85. The number of fused-ring (bicyclic) bond motifs is 4. The van der Waals surface area contributed by atoms with Gasteiger partial charge in [-0.05, 0) is 67.5 Å². The molecule has 5 heteroatoms. The number of carbonyl (C=O) groups is 1. The highest BCUT2D eigenvalue weighted by atomic mass is 16.7. The summed E-state index contributed by atoms with van der Waals surface area (Å²) < 4.78 is 11.1. The number of nitrogens with one attached hydrogen (secondary N) is 2. The van der Waals surface area contributed by atoms with Gasteiger partial charge in [0.2, 0.25) is 6.79 Å². The molecular weight excluding hydrogens is 388 g/mol. The predicted molar refractivity (Wildman–Crippen MR) is 120 cm³/mol. The van der Waals surface area contributed by atoms with E-state index in [4.69, 9.17) is 9.47 Å². The average molecular weight is 415 g/mol. The molecule has 2 aromatic carbocycles. The Hall–Kier alpha value is -3.05. The second-order valence-corrected chi connectivity index (χ2v) is 8.80. The molecule has 1 saturated carbocycles. The normalized spacial score (nSPS) is 22.4. The summed E-state index contributed by atoms with van der Waals surface area (Å²) in [5.41, 5.74) is 5.85. The number of H-pyrrole nitrogens is 1. The number of rotatable bonds is 3. The third kappa shape index (κ3) is 3.33. The van der Waals surface area contributed by atoms with Crippen molar-refractivity contribution in [2.75, 3.05) is 6.79 Å². The quantitative estimate of drug-likeness (QED) is 0.595. The molecular formula is C26H26N2O3. The molecule has 2 N–H and O–H groups in total. The Bertz CT molecular complexity index is 1180. The van der Waals surface area contributed by atoms with E-state index in [0.29, 0.717) is 6.42 Å². The molecule has 1 unspecified atom stereocenters. The number of ketones is 1. The lowest BCUT2D eigenvalue weighted by molar-refractivity contribution is -0.116. The Morgan fingerprint density at radius 2 is 1.84 bits per heavy atom. The number of allylic oxidation sites excluding steroid dienone is 1. The summed E-state index contributed by atoms with van der Waals surface area (Å²) in [6.45, 7) is 0.253. The van der Waals surface area contributed by atoms with Crippen LogP contribution in [-0.4, -0.2) is 23.6 Å². The lowest BCUT2D eigenvalue weighted by atomic mass is 9.87. The van der Waals surface area contributed by atoms with E-state index in [1.165, 1.54) is 35.8 Å². The van der Waals surface area contributed by atoms with Gasteiger partial charge in [-0.25, -0.2) is 0 Å². The summed E-state index contributed by atoms with van der Waals surface area (Å²) in [5.74, 6) is 1.72. The first-order chi connectivity index (χ1) is 15.3. The predicted octanol–water partition coefficient (Wildman–Crippen LogP) is 4.96. The fourth-order valence-corrected chi connectivity index (χ4v) is 5.23. The van der Waals surface area contributed by atoms with Crippen LogP contribution in [-0.2, 0) is 11.2 Å². The third-order valence-electron chi connectivity index (χ3n) is 6.83. The highest BCUT2D eigenvalue weighted by molar-refractivity contribution is 5.96. The fraction of sp³-hybridized carbons (Fsp3) is 0.346. The maximum Gasteiger partial charge on any atom is 0.231 e. The van der Waals surface area contributed by atoms with Crippen LogP contribution in [0.5, 0.6) is 11.5 Å². The van der Waals surface area contributed by atoms with E-state index in [0.717, 1.165) is 41.1 Å². The van der Waals surface area contributed by atoms with E-state index in [2.05, 4.69) is 34.6 Å². The van der Waals surface area contributed by atoms with Crippen molar-refractivity contribution in [2.45, 2.75) is 50.6 Å². The zero-order chi connectivity index (χ0) is 20.8. The Labute approximate surface area is 181 Å². The Kier molecular flexibility index (Phi) is 4.57. The molecule has 0 bridgehead atoms. The van der Waals surface area contributed by atoms with Crippen molar-refractivity contribution in [3.63, 3.8) is 0 Å². The first-order valence-electron chi connectivity index (χ1n) is 11.2. The zero-order valence-corrected chi connectivity index (χ0v) is 17.4. The molecule has 2 aliphatic heterocycles. The number of ether oxygens (including phenoxy) is 2. The first-order valence-corrected chi connectivity index (χ1v) is 11.2. The standard InChI is InChI=1S/C26H26N2O3/c29-22(12-16-6-2-1-3-7-16)21-14-19-18-8-4-5-9-20(18)27-26(19)25(28-21)17-10-11-23-24(13-17)31-15-30-23/h4-5,8-13,21,25,27-28H,1-3,6-7,14-15H2/t21?,25-/m1/s1. The minimum absolute atomic E-state index is 0.107. The van der Waals surface area contributed by atoms with Crippen molar-refractivity contribution in [1.29, 1.82) is 0 Å². The van der Waals surface area contributed by atoms with Gasteiger partial charge >= 0.3 is 0 Å². The van der Waals surface area contributed by atoms with Crippen molar-refractivity contribution in [1.82, 2.24) is 10.3 Å². The lowest BCUT2D eigenvalue weighted by Crippen LogP contribution is -2.44. The number of aromatic amines is 1. The van der Waals surface area contributed by atoms with Crippen LogP contribution in [0.1, 0.15) is 55.0 Å². The lowest BCUT2D eigenvalue weighted by Gasteiger charge is -2.31. The topological polar surface area (TPSA) is 63.4 Å². The maximum absolute atomic E-state index is 13.3. The van der Waals surface area contributed by atoms with Crippen LogP contribution in [0, 0.1) is 0 Å². The largest absolute Gasteiger partial charge is 0.454 e. The summed E-state index contributed by atoms with van der Waals surface area (Å²) in [7, 11) is 0. The van der Waals surface area contributed by atoms with Gasteiger partial charge in [0.25, 0.3) is 0 Å². The van der Waals surface area contributed by atoms with Gasteiger partial charge in [0.05, 0.1) is 12.1 Å². The molecule has 1 aliphatic carbocycles. The van der Waals surface area contributed by atoms with Gasteiger partial charge in [-0.2, -0.15) is 0 Å². The molecule has 158 valence electrons. The van der Waals surface area contributed by atoms with Gasteiger partial charge in [0.15, 0.2) is 17.3 Å². The van der Waals surface area contributed by atoms with E-state index < -0.39 is 0 Å². The number of benzene rings is 2. The maximum atomic E-state index is 13.3. The molecule has 3 aliphatic rings. The van der Waals surface area contributed by atoms with E-state index >= 15 is 0 Å². The minimum atomic E-state index is -0.239. The SMILES string of the molecule is O=C(C=C1CCCCC1)C1Cc2c([nH]c3ccccc23)[C@@H](c2ccc3c(c2)OCO3)N1. The van der Waals surface area contributed by atoms with Crippen molar-refractivity contribution < 1.29 is 14.3 Å². The van der Waals surface area contributed by atoms with E-state index in [-0.39, 0.29) is 24.7 Å². The van der Waals surface area contributed by atoms with Gasteiger partial charge in [-0.15, -0.1) is 0 Å². The summed E-state index contributed by atoms with van der Waals surface area (Å²) in [6, 6.07) is 14.1. The second-order valence-electron chi connectivity index (χ2n) is 8.80. The smallest absolute Gasteiger partial charge is 0.231 e. The molecule has 0 radical (unpaired) electrons. The monoisotopic (exact) mass is 414 g/mol. The summed E-state index contributed by atoms with van der Waals surface area (Å²) in [4.78, 5) is 16.9. The molecule has 3 heterocycles. The van der Waals surface area contributed by atoms with Gasteiger partial charge in [0.1, 0.15) is 0 Å². The molecule has 1 aromatic heterocycles. The van der Waals surface area contributed by atoms with Crippen molar-refractivity contribution >= 4 is 16.7 Å². The molecule has 1 fully saturated rings. The summed E-state index contributed by atoms with van der Waals surface area (Å²) >= 11 is 0. The Balaban J connectivity index is 1.41. The number of hydrogen-bond acceptors (Lipinski definition) is 4. The Morgan fingerprint density at radius 1 is 1.00 bits per heavy atom.